The minimum atomic E-state index is -0.997. The van der Waals surface area contributed by atoms with Crippen molar-refractivity contribution in [3.05, 3.63) is 48.3 Å². The van der Waals surface area contributed by atoms with E-state index in [1.54, 1.807) is 18.2 Å². The molecule has 0 aliphatic rings. The molecule has 0 aromatic carbocycles. The SMILES string of the molecule is C\C=C/C(/C=C/C(=O)O)=C\C=C\O. The Morgan fingerprint density at radius 1 is 1.23 bits per heavy atom. The van der Waals surface area contributed by atoms with Gasteiger partial charge in [0.1, 0.15) is 0 Å². The van der Waals surface area contributed by atoms with E-state index in [0.717, 1.165) is 12.3 Å². The number of hydrogen-bond acceptors (Lipinski definition) is 2. The minimum absolute atomic E-state index is 0.704. The van der Waals surface area contributed by atoms with Gasteiger partial charge in [-0.25, -0.2) is 4.79 Å². The maximum Gasteiger partial charge on any atom is 0.328 e. The molecule has 2 N–H and O–H groups in total. The zero-order valence-electron chi connectivity index (χ0n) is 7.34. The van der Waals surface area contributed by atoms with E-state index in [9.17, 15) is 4.79 Å². The summed E-state index contributed by atoms with van der Waals surface area (Å²) in [5.41, 5.74) is 0.704. The Morgan fingerprint density at radius 2 is 1.92 bits per heavy atom. The zero-order chi connectivity index (χ0) is 10.1. The van der Waals surface area contributed by atoms with Gasteiger partial charge in [0.2, 0.25) is 0 Å². The molecule has 0 heterocycles. The van der Waals surface area contributed by atoms with Crippen LogP contribution in [-0.2, 0) is 4.79 Å². The molecule has 0 bridgehead atoms. The first-order chi connectivity index (χ1) is 6.20. The summed E-state index contributed by atoms with van der Waals surface area (Å²) in [7, 11) is 0. The molecule has 0 radical (unpaired) electrons. The summed E-state index contributed by atoms with van der Waals surface area (Å²) < 4.78 is 0. The molecule has 3 nitrogen and oxygen atoms in total. The summed E-state index contributed by atoms with van der Waals surface area (Å²) in [6.07, 6.45) is 9.90. The molecule has 0 saturated heterocycles. The van der Waals surface area contributed by atoms with Gasteiger partial charge in [0.25, 0.3) is 0 Å². The molecule has 70 valence electrons. The van der Waals surface area contributed by atoms with E-state index >= 15 is 0 Å². The average Bonchev–Trinajstić information content (AvgIpc) is 2.09. The smallest absolute Gasteiger partial charge is 0.328 e. The van der Waals surface area contributed by atoms with Crippen LogP contribution in [0.15, 0.2) is 48.3 Å². The number of rotatable bonds is 4. The third-order valence-corrected chi connectivity index (χ3v) is 1.15. The quantitative estimate of drug-likeness (QED) is 0.396. The number of allylic oxidation sites excluding steroid dienone is 6. The van der Waals surface area contributed by atoms with E-state index in [2.05, 4.69) is 0 Å². The van der Waals surface area contributed by atoms with Gasteiger partial charge in [-0.3, -0.25) is 0 Å². The van der Waals surface area contributed by atoms with Gasteiger partial charge in [0.05, 0.1) is 6.26 Å². The summed E-state index contributed by atoms with van der Waals surface area (Å²) in [4.78, 5) is 10.2. The Morgan fingerprint density at radius 3 is 2.38 bits per heavy atom. The second-order valence-corrected chi connectivity index (χ2v) is 2.18. The van der Waals surface area contributed by atoms with Crippen LogP contribution in [0, 0.1) is 0 Å². The van der Waals surface area contributed by atoms with Crippen molar-refractivity contribution in [3.63, 3.8) is 0 Å². The van der Waals surface area contributed by atoms with Crippen molar-refractivity contribution >= 4 is 5.97 Å². The Bertz CT molecular complexity index is 270. The zero-order valence-corrected chi connectivity index (χ0v) is 7.34. The maximum atomic E-state index is 10.2. The number of aliphatic carboxylic acids is 1. The Kier molecular flexibility index (Phi) is 5.97. The normalized spacial score (nSPS) is 13.5. The van der Waals surface area contributed by atoms with Crippen molar-refractivity contribution in [1.82, 2.24) is 0 Å². The highest BCUT2D eigenvalue weighted by Crippen LogP contribution is 1.99. The van der Waals surface area contributed by atoms with Gasteiger partial charge >= 0.3 is 5.97 Å². The second-order valence-electron chi connectivity index (χ2n) is 2.18. The molecule has 0 aromatic rings. The molecule has 0 saturated carbocycles. The third-order valence-electron chi connectivity index (χ3n) is 1.15. The number of hydrogen-bond donors (Lipinski definition) is 2. The monoisotopic (exact) mass is 180 g/mol. The highest BCUT2D eigenvalue weighted by molar-refractivity contribution is 5.80. The topological polar surface area (TPSA) is 57.5 Å². The summed E-state index contributed by atoms with van der Waals surface area (Å²) >= 11 is 0. The lowest BCUT2D eigenvalue weighted by molar-refractivity contribution is -0.131. The number of carboxylic acids is 1. The van der Waals surface area contributed by atoms with Crippen LogP contribution in [0.25, 0.3) is 0 Å². The molecule has 0 atom stereocenters. The summed E-state index contributed by atoms with van der Waals surface area (Å²) in [5.74, 6) is -0.997. The van der Waals surface area contributed by atoms with Crippen molar-refractivity contribution in [2.45, 2.75) is 6.92 Å². The molecule has 13 heavy (non-hydrogen) atoms. The predicted octanol–water partition coefficient (Wildman–Crippen LogP) is 2.20. The Labute approximate surface area is 77.0 Å². The van der Waals surface area contributed by atoms with Crippen molar-refractivity contribution < 1.29 is 15.0 Å². The highest BCUT2D eigenvalue weighted by atomic mass is 16.4. The summed E-state index contributed by atoms with van der Waals surface area (Å²) in [5, 5.41) is 16.7. The molecule has 0 amide bonds. The van der Waals surface area contributed by atoms with Crippen molar-refractivity contribution in [3.8, 4) is 0 Å². The third kappa shape index (κ3) is 6.62. The number of aliphatic hydroxyl groups is 1. The number of carbonyl (C=O) groups is 1. The van der Waals surface area contributed by atoms with E-state index in [-0.39, 0.29) is 0 Å². The van der Waals surface area contributed by atoms with Gasteiger partial charge in [0, 0.05) is 6.08 Å². The van der Waals surface area contributed by atoms with Crippen LogP contribution in [0.3, 0.4) is 0 Å². The van der Waals surface area contributed by atoms with Crippen LogP contribution >= 0.6 is 0 Å². The fourth-order valence-corrected chi connectivity index (χ4v) is 0.681. The van der Waals surface area contributed by atoms with E-state index in [0.29, 0.717) is 5.57 Å². The van der Waals surface area contributed by atoms with Crippen molar-refractivity contribution in [1.29, 1.82) is 0 Å². The van der Waals surface area contributed by atoms with E-state index < -0.39 is 5.97 Å². The van der Waals surface area contributed by atoms with Crippen molar-refractivity contribution in [2.24, 2.45) is 0 Å². The molecule has 0 aliphatic heterocycles. The lowest BCUT2D eigenvalue weighted by Gasteiger charge is -1.89. The lowest BCUT2D eigenvalue weighted by atomic mass is 10.2. The van der Waals surface area contributed by atoms with Gasteiger partial charge in [-0.2, -0.15) is 0 Å². The average molecular weight is 180 g/mol. The van der Waals surface area contributed by atoms with E-state index in [4.69, 9.17) is 10.2 Å². The standard InChI is InChI=1S/C10H12O3/c1-2-4-9(5-3-8-11)6-7-10(12)13/h2-8,11H,1H3,(H,12,13)/b4-2-,7-6+,8-3+,9-5+. The number of aliphatic hydroxyl groups excluding tert-OH is 1. The Hall–Kier alpha value is -1.77. The molecule has 0 spiro atoms. The van der Waals surface area contributed by atoms with Crippen LogP contribution < -0.4 is 0 Å². The highest BCUT2D eigenvalue weighted by Gasteiger charge is 1.87. The van der Waals surface area contributed by atoms with Gasteiger partial charge in [-0.1, -0.05) is 18.2 Å². The first kappa shape index (κ1) is 11.2. The van der Waals surface area contributed by atoms with Crippen LogP contribution in [0.4, 0.5) is 0 Å². The molecule has 0 unspecified atom stereocenters. The van der Waals surface area contributed by atoms with Gasteiger partial charge in [-0.15, -0.1) is 0 Å². The molecule has 3 heteroatoms. The molecule has 0 aromatic heterocycles. The fourth-order valence-electron chi connectivity index (χ4n) is 0.681. The minimum Gasteiger partial charge on any atom is -0.516 e. The van der Waals surface area contributed by atoms with Gasteiger partial charge in [-0.05, 0) is 24.6 Å². The molecule has 0 aliphatic carbocycles. The van der Waals surface area contributed by atoms with Gasteiger partial charge in [0.15, 0.2) is 0 Å². The summed E-state index contributed by atoms with van der Waals surface area (Å²) in [6, 6.07) is 0. The van der Waals surface area contributed by atoms with Crippen LogP contribution in [0.2, 0.25) is 0 Å². The first-order valence-corrected chi connectivity index (χ1v) is 3.75. The van der Waals surface area contributed by atoms with Gasteiger partial charge < -0.3 is 10.2 Å². The maximum absolute atomic E-state index is 10.2. The molecular weight excluding hydrogens is 168 g/mol. The summed E-state index contributed by atoms with van der Waals surface area (Å²) in [6.45, 7) is 1.82. The van der Waals surface area contributed by atoms with Crippen LogP contribution in [-0.4, -0.2) is 16.2 Å². The predicted molar refractivity (Wildman–Crippen MR) is 51.4 cm³/mol. The molecular formula is C10H12O3. The Balaban J connectivity index is 4.52. The first-order valence-electron chi connectivity index (χ1n) is 3.75. The van der Waals surface area contributed by atoms with Crippen molar-refractivity contribution in [2.75, 3.05) is 0 Å². The molecule has 0 fully saturated rings. The second kappa shape index (κ2) is 6.91. The lowest BCUT2D eigenvalue weighted by Crippen LogP contribution is -1.86. The van der Waals surface area contributed by atoms with Crippen LogP contribution in [0.1, 0.15) is 6.92 Å². The molecule has 0 rings (SSSR count). The largest absolute Gasteiger partial charge is 0.516 e. The number of carboxylic acid groups (broad SMARTS) is 1. The van der Waals surface area contributed by atoms with E-state index in [1.807, 2.05) is 6.92 Å². The fraction of sp³-hybridized carbons (Fsp3) is 0.100. The van der Waals surface area contributed by atoms with E-state index in [1.165, 1.54) is 12.2 Å². The van der Waals surface area contributed by atoms with Crippen LogP contribution in [0.5, 0.6) is 0 Å².